The maximum Gasteiger partial charge on any atom is 0.326 e. The summed E-state index contributed by atoms with van der Waals surface area (Å²) in [4.78, 5) is 29.5. The summed E-state index contributed by atoms with van der Waals surface area (Å²) >= 11 is 1.36. The van der Waals surface area contributed by atoms with Crippen molar-refractivity contribution in [1.82, 2.24) is 4.57 Å². The fourth-order valence-electron chi connectivity index (χ4n) is 2.94. The van der Waals surface area contributed by atoms with Crippen molar-refractivity contribution in [2.24, 2.45) is 4.99 Å². The normalized spacial score (nSPS) is 13.1. The summed E-state index contributed by atoms with van der Waals surface area (Å²) in [5, 5.41) is 0. The van der Waals surface area contributed by atoms with E-state index in [1.54, 1.807) is 29.7 Å². The van der Waals surface area contributed by atoms with Gasteiger partial charge in [0.05, 0.1) is 16.8 Å². The number of amides is 1. The van der Waals surface area contributed by atoms with Crippen LogP contribution in [0.2, 0.25) is 0 Å². The van der Waals surface area contributed by atoms with E-state index < -0.39 is 5.91 Å². The van der Waals surface area contributed by atoms with E-state index in [9.17, 15) is 9.59 Å². The van der Waals surface area contributed by atoms with Gasteiger partial charge in [0.15, 0.2) is 16.3 Å². The van der Waals surface area contributed by atoms with Gasteiger partial charge in [0.25, 0.3) is 5.91 Å². The molecule has 1 amide bonds. The quantitative estimate of drug-likeness (QED) is 0.631. The second-order valence-electron chi connectivity index (χ2n) is 6.23. The Morgan fingerprint density at radius 1 is 1.18 bits per heavy atom. The molecular weight excluding hydrogens is 380 g/mol. The van der Waals surface area contributed by atoms with Crippen molar-refractivity contribution >= 4 is 33.4 Å². The number of carbonyl (C=O) groups is 2. The lowest BCUT2D eigenvalue weighted by molar-refractivity contribution is -0.143. The van der Waals surface area contributed by atoms with E-state index in [0.717, 1.165) is 15.8 Å². The third-order valence-corrected chi connectivity index (χ3v) is 5.29. The second-order valence-corrected chi connectivity index (χ2v) is 7.24. The van der Waals surface area contributed by atoms with Crippen LogP contribution >= 0.6 is 11.3 Å². The molecule has 0 saturated heterocycles. The molecule has 3 aromatic rings. The van der Waals surface area contributed by atoms with E-state index >= 15 is 0 Å². The van der Waals surface area contributed by atoms with E-state index in [1.807, 2.05) is 25.1 Å². The summed E-state index contributed by atoms with van der Waals surface area (Å²) < 4.78 is 18.3. The highest BCUT2D eigenvalue weighted by atomic mass is 32.1. The van der Waals surface area contributed by atoms with Crippen molar-refractivity contribution in [3.05, 3.63) is 52.3 Å². The van der Waals surface area contributed by atoms with Gasteiger partial charge < -0.3 is 18.8 Å². The van der Waals surface area contributed by atoms with Gasteiger partial charge in [-0.15, -0.1) is 0 Å². The minimum atomic E-state index is -0.417. The Morgan fingerprint density at radius 2 is 2.00 bits per heavy atom. The van der Waals surface area contributed by atoms with Crippen LogP contribution in [0.5, 0.6) is 11.5 Å². The largest absolute Gasteiger partial charge is 0.465 e. The molecule has 0 radical (unpaired) electrons. The van der Waals surface area contributed by atoms with Crippen molar-refractivity contribution in [3.8, 4) is 11.5 Å². The van der Waals surface area contributed by atoms with Gasteiger partial charge in [-0.05, 0) is 49.7 Å². The molecule has 7 nitrogen and oxygen atoms in total. The fourth-order valence-corrected chi connectivity index (χ4v) is 4.06. The highest BCUT2D eigenvalue weighted by molar-refractivity contribution is 7.16. The smallest absolute Gasteiger partial charge is 0.326 e. The molecule has 0 bridgehead atoms. The lowest BCUT2D eigenvalue weighted by Crippen LogP contribution is -2.23. The summed E-state index contributed by atoms with van der Waals surface area (Å²) in [6.45, 7) is 4.17. The summed E-state index contributed by atoms with van der Waals surface area (Å²) in [5.41, 5.74) is 2.31. The number of carbonyl (C=O) groups excluding carboxylic acids is 2. The highest BCUT2D eigenvalue weighted by Crippen LogP contribution is 2.32. The number of nitrogens with zero attached hydrogens (tertiary/aromatic N) is 2. The van der Waals surface area contributed by atoms with Crippen LogP contribution < -0.4 is 14.3 Å². The number of fused-ring (bicyclic) bond motifs is 2. The van der Waals surface area contributed by atoms with Crippen molar-refractivity contribution in [2.45, 2.75) is 20.4 Å². The number of aryl methyl sites for hydroxylation is 1. The Morgan fingerprint density at radius 3 is 2.82 bits per heavy atom. The lowest BCUT2D eigenvalue weighted by atomic mass is 10.2. The number of hydrogen-bond acceptors (Lipinski definition) is 6. The van der Waals surface area contributed by atoms with Gasteiger partial charge >= 0.3 is 5.97 Å². The third kappa shape index (κ3) is 3.50. The van der Waals surface area contributed by atoms with Crippen LogP contribution in [0.1, 0.15) is 22.8 Å². The zero-order chi connectivity index (χ0) is 19.7. The maximum absolute atomic E-state index is 12.7. The number of hydrogen-bond donors (Lipinski definition) is 0. The molecule has 0 unspecified atom stereocenters. The average molecular weight is 398 g/mol. The highest BCUT2D eigenvalue weighted by Gasteiger charge is 2.17. The molecule has 1 aliphatic rings. The zero-order valence-electron chi connectivity index (χ0n) is 15.4. The van der Waals surface area contributed by atoms with Gasteiger partial charge in [-0.25, -0.2) is 0 Å². The number of thiazole rings is 1. The van der Waals surface area contributed by atoms with Gasteiger partial charge in [0, 0.05) is 5.56 Å². The topological polar surface area (TPSA) is 79.1 Å². The molecule has 1 aromatic heterocycles. The van der Waals surface area contributed by atoms with Crippen LogP contribution in [0, 0.1) is 6.92 Å². The molecule has 0 saturated carbocycles. The maximum atomic E-state index is 12.7. The summed E-state index contributed by atoms with van der Waals surface area (Å²) in [5.74, 6) is 0.331. The first-order valence-corrected chi connectivity index (χ1v) is 9.61. The first kappa shape index (κ1) is 18.2. The van der Waals surface area contributed by atoms with Crippen LogP contribution in [0.4, 0.5) is 0 Å². The molecule has 8 heteroatoms. The molecule has 2 aromatic carbocycles. The standard InChI is InChI=1S/C20H18N2O5S/c1-3-25-18(23)10-22-14-6-4-12(2)8-17(14)28-20(22)21-19(24)13-5-7-15-16(9-13)27-11-26-15/h4-9H,3,10-11H2,1-2H3. The van der Waals surface area contributed by atoms with Crippen molar-refractivity contribution in [3.63, 3.8) is 0 Å². The summed E-state index contributed by atoms with van der Waals surface area (Å²) in [7, 11) is 0. The number of aromatic nitrogens is 1. The Hall–Kier alpha value is -3.13. The Balaban J connectivity index is 1.77. The minimum absolute atomic E-state index is 0.00977. The van der Waals surface area contributed by atoms with Gasteiger partial charge in [-0.1, -0.05) is 17.4 Å². The number of esters is 1. The van der Waals surface area contributed by atoms with E-state index in [4.69, 9.17) is 14.2 Å². The third-order valence-electron chi connectivity index (χ3n) is 4.25. The summed E-state index contributed by atoms with van der Waals surface area (Å²) in [6, 6.07) is 10.8. The first-order valence-electron chi connectivity index (χ1n) is 8.79. The van der Waals surface area contributed by atoms with Crippen LogP contribution in [-0.4, -0.2) is 29.8 Å². The van der Waals surface area contributed by atoms with Crippen molar-refractivity contribution < 1.29 is 23.8 Å². The monoisotopic (exact) mass is 398 g/mol. The Kier molecular flexibility index (Phi) is 4.87. The number of ether oxygens (including phenoxy) is 3. The molecule has 1 aliphatic heterocycles. The van der Waals surface area contributed by atoms with Gasteiger partial charge in [-0.2, -0.15) is 4.99 Å². The van der Waals surface area contributed by atoms with E-state index in [2.05, 4.69) is 4.99 Å². The molecule has 0 fully saturated rings. The minimum Gasteiger partial charge on any atom is -0.465 e. The molecular formula is C20H18N2O5S. The molecule has 2 heterocycles. The summed E-state index contributed by atoms with van der Waals surface area (Å²) in [6.07, 6.45) is 0. The Labute approximate surface area is 164 Å². The van der Waals surface area contributed by atoms with Crippen molar-refractivity contribution in [2.75, 3.05) is 13.4 Å². The molecule has 144 valence electrons. The van der Waals surface area contributed by atoms with E-state index in [1.165, 1.54) is 11.3 Å². The van der Waals surface area contributed by atoms with Crippen molar-refractivity contribution in [1.29, 1.82) is 0 Å². The van der Waals surface area contributed by atoms with Gasteiger partial charge in [0.2, 0.25) is 6.79 Å². The number of benzene rings is 2. The average Bonchev–Trinajstić information content (AvgIpc) is 3.26. The molecule has 28 heavy (non-hydrogen) atoms. The Bertz CT molecular complexity index is 1150. The lowest BCUT2D eigenvalue weighted by Gasteiger charge is -2.05. The van der Waals surface area contributed by atoms with Crippen LogP contribution in [0.25, 0.3) is 10.2 Å². The zero-order valence-corrected chi connectivity index (χ0v) is 16.2. The van der Waals surface area contributed by atoms with E-state index in [-0.39, 0.29) is 19.3 Å². The fraction of sp³-hybridized carbons (Fsp3) is 0.250. The first-order chi connectivity index (χ1) is 13.5. The predicted octanol–water partition coefficient (Wildman–Crippen LogP) is 3.04. The van der Waals surface area contributed by atoms with E-state index in [0.29, 0.717) is 28.5 Å². The van der Waals surface area contributed by atoms with Gasteiger partial charge in [0.1, 0.15) is 6.54 Å². The molecule has 0 atom stereocenters. The molecule has 0 aliphatic carbocycles. The molecule has 0 N–H and O–H groups in total. The van der Waals surface area contributed by atoms with Crippen LogP contribution in [0.3, 0.4) is 0 Å². The molecule has 0 spiro atoms. The second kappa shape index (κ2) is 7.47. The molecule has 4 rings (SSSR count). The predicted molar refractivity (Wildman–Crippen MR) is 104 cm³/mol. The number of rotatable bonds is 4. The van der Waals surface area contributed by atoms with Crippen LogP contribution in [0.15, 0.2) is 41.4 Å². The SMILES string of the molecule is CCOC(=O)Cn1c(=NC(=O)c2ccc3c(c2)OCO3)sc2cc(C)ccc21. The van der Waals surface area contributed by atoms with Gasteiger partial charge in [-0.3, -0.25) is 9.59 Å². The van der Waals surface area contributed by atoms with Crippen LogP contribution in [-0.2, 0) is 16.1 Å².